The Labute approximate surface area is 228 Å². The highest BCUT2D eigenvalue weighted by molar-refractivity contribution is 7.80. The van der Waals surface area contributed by atoms with E-state index >= 15 is 0 Å². The van der Waals surface area contributed by atoms with Crippen LogP contribution in [0.3, 0.4) is 0 Å². The highest BCUT2D eigenvalue weighted by Crippen LogP contribution is 2.45. The second-order valence-corrected chi connectivity index (χ2v) is 10.2. The molecule has 1 fully saturated rings. The molecule has 0 spiro atoms. The molecular weight excluding hydrogens is 502 g/mol. The second kappa shape index (κ2) is 10.1. The Morgan fingerprint density at radius 3 is 2.35 bits per heavy atom. The summed E-state index contributed by atoms with van der Waals surface area (Å²) in [5, 5.41) is 4.70. The normalized spacial score (nSPS) is 17.1. The zero-order valence-electron chi connectivity index (χ0n) is 21.6. The van der Waals surface area contributed by atoms with Crippen LogP contribution in [0, 0.1) is 13.8 Å². The molecule has 0 aliphatic carbocycles. The summed E-state index contributed by atoms with van der Waals surface area (Å²) >= 11 is 12.4. The minimum Gasteiger partial charge on any atom is -0.495 e. The van der Waals surface area contributed by atoms with Gasteiger partial charge >= 0.3 is 0 Å². The number of rotatable bonds is 6. The van der Waals surface area contributed by atoms with E-state index in [-0.39, 0.29) is 12.1 Å². The van der Waals surface area contributed by atoms with Gasteiger partial charge in [0.2, 0.25) is 0 Å². The van der Waals surface area contributed by atoms with Crippen LogP contribution in [0.5, 0.6) is 5.75 Å². The molecule has 0 amide bonds. The molecule has 1 aliphatic rings. The van der Waals surface area contributed by atoms with Crippen molar-refractivity contribution >= 4 is 40.3 Å². The average molecular weight is 532 g/mol. The van der Waals surface area contributed by atoms with Crippen LogP contribution < -0.4 is 19.9 Å². The number of hydrogen-bond donors (Lipinski definition) is 1. The Morgan fingerprint density at radius 1 is 1.00 bits per heavy atom. The van der Waals surface area contributed by atoms with Crippen molar-refractivity contribution < 1.29 is 4.74 Å². The number of nitrogens with one attached hydrogen (secondary N) is 1. The largest absolute Gasteiger partial charge is 0.495 e. The van der Waals surface area contributed by atoms with Gasteiger partial charge in [-0.05, 0) is 92.3 Å². The van der Waals surface area contributed by atoms with Gasteiger partial charge in [0, 0.05) is 48.7 Å². The fourth-order valence-electron chi connectivity index (χ4n) is 5.14. The van der Waals surface area contributed by atoms with Gasteiger partial charge in [0.05, 0.1) is 29.9 Å². The lowest BCUT2D eigenvalue weighted by atomic mass is 9.96. The molecule has 0 radical (unpaired) electrons. The van der Waals surface area contributed by atoms with Crippen LogP contribution in [-0.2, 0) is 0 Å². The van der Waals surface area contributed by atoms with Crippen molar-refractivity contribution in [2.24, 2.45) is 0 Å². The molecule has 3 heterocycles. The third-order valence-electron chi connectivity index (χ3n) is 6.92. The quantitative estimate of drug-likeness (QED) is 0.291. The number of pyridine rings is 1. The van der Waals surface area contributed by atoms with Gasteiger partial charge in [-0.1, -0.05) is 17.7 Å². The Hall–Kier alpha value is -3.55. The molecule has 1 aliphatic heterocycles. The molecule has 0 saturated carbocycles. The van der Waals surface area contributed by atoms with Crippen LogP contribution in [0.1, 0.15) is 34.7 Å². The van der Waals surface area contributed by atoms with Crippen LogP contribution >= 0.6 is 23.8 Å². The van der Waals surface area contributed by atoms with E-state index in [1.54, 1.807) is 7.11 Å². The minimum atomic E-state index is -0.139. The maximum atomic E-state index is 6.54. The molecule has 1 saturated heterocycles. The summed E-state index contributed by atoms with van der Waals surface area (Å²) in [6, 6.07) is 22.3. The number of halogens is 1. The van der Waals surface area contributed by atoms with E-state index < -0.39 is 0 Å². The van der Waals surface area contributed by atoms with Gasteiger partial charge in [-0.15, -0.1) is 0 Å². The number of aromatic nitrogens is 2. The first-order valence-electron chi connectivity index (χ1n) is 12.1. The van der Waals surface area contributed by atoms with Crippen LogP contribution in [0.15, 0.2) is 72.9 Å². The van der Waals surface area contributed by atoms with Gasteiger partial charge in [0.1, 0.15) is 5.75 Å². The summed E-state index contributed by atoms with van der Waals surface area (Å²) in [4.78, 5) is 8.92. The summed E-state index contributed by atoms with van der Waals surface area (Å²) < 4.78 is 7.68. The van der Waals surface area contributed by atoms with Gasteiger partial charge < -0.3 is 24.4 Å². The second-order valence-electron chi connectivity index (χ2n) is 9.39. The molecule has 8 heteroatoms. The highest BCUT2D eigenvalue weighted by Gasteiger charge is 2.42. The predicted octanol–water partition coefficient (Wildman–Crippen LogP) is 6.39. The molecule has 1 N–H and O–H groups in total. The number of aryl methyl sites for hydroxylation is 1. The van der Waals surface area contributed by atoms with Crippen molar-refractivity contribution in [3.8, 4) is 11.4 Å². The van der Waals surface area contributed by atoms with Crippen LogP contribution in [0.25, 0.3) is 5.69 Å². The molecule has 2 unspecified atom stereocenters. The fourth-order valence-corrected chi connectivity index (χ4v) is 5.74. The van der Waals surface area contributed by atoms with Crippen molar-refractivity contribution in [3.63, 3.8) is 0 Å². The van der Waals surface area contributed by atoms with Crippen molar-refractivity contribution in [3.05, 3.63) is 101 Å². The van der Waals surface area contributed by atoms with E-state index in [1.165, 1.54) is 5.56 Å². The third-order valence-corrected chi connectivity index (χ3v) is 7.53. The zero-order chi connectivity index (χ0) is 26.3. The summed E-state index contributed by atoms with van der Waals surface area (Å²) in [6.07, 6.45) is 1.82. The number of ether oxygens (including phenoxy) is 1. The number of hydrogen-bond acceptors (Lipinski definition) is 4. The molecule has 4 aromatic rings. The summed E-state index contributed by atoms with van der Waals surface area (Å²) in [6.45, 7) is 4.31. The van der Waals surface area contributed by atoms with E-state index in [2.05, 4.69) is 68.8 Å². The number of benzene rings is 2. The number of methoxy groups -OCH3 is 1. The molecule has 0 bridgehead atoms. The summed E-state index contributed by atoms with van der Waals surface area (Å²) in [5.41, 5.74) is 7.57. The van der Waals surface area contributed by atoms with E-state index in [0.717, 1.165) is 34.1 Å². The van der Waals surface area contributed by atoms with Crippen LogP contribution in [0.4, 0.5) is 11.4 Å². The Kier molecular flexibility index (Phi) is 6.84. The Balaban J connectivity index is 1.65. The molecular formula is C29H30ClN5OS. The monoisotopic (exact) mass is 531 g/mol. The molecule has 190 valence electrons. The average Bonchev–Trinajstić information content (AvgIpc) is 3.39. The summed E-state index contributed by atoms with van der Waals surface area (Å²) in [7, 11) is 5.71. The van der Waals surface area contributed by atoms with Gasteiger partial charge in [0.15, 0.2) is 5.11 Å². The maximum absolute atomic E-state index is 6.54. The smallest absolute Gasteiger partial charge is 0.174 e. The highest BCUT2D eigenvalue weighted by atomic mass is 35.5. The van der Waals surface area contributed by atoms with Crippen LogP contribution in [0.2, 0.25) is 5.02 Å². The molecule has 2 atom stereocenters. The number of thiocarbonyl (C=S) groups is 1. The zero-order valence-corrected chi connectivity index (χ0v) is 23.1. The SMILES string of the molecule is COc1ccc(N2C(=S)NC(c3ccccn3)C2c2cc(C)n(-c3ccc(N(C)C)cc3)c2C)cc1Cl. The lowest BCUT2D eigenvalue weighted by molar-refractivity contribution is 0.415. The third kappa shape index (κ3) is 4.54. The number of anilines is 2. The van der Waals surface area contributed by atoms with E-state index in [0.29, 0.717) is 15.9 Å². The minimum absolute atomic E-state index is 0.132. The maximum Gasteiger partial charge on any atom is 0.174 e. The standard InChI is InChI=1S/C29H30ClN5OS/c1-18-16-23(19(2)34(18)21-11-9-20(10-12-21)33(3)4)28-27(25-8-6-7-15-31-25)32-29(37)35(28)22-13-14-26(36-5)24(30)17-22/h6-17,27-28H,1-5H3,(H,32,37). The molecule has 2 aromatic heterocycles. The predicted molar refractivity (Wildman–Crippen MR) is 156 cm³/mol. The van der Waals surface area contributed by atoms with E-state index in [1.807, 2.05) is 56.7 Å². The molecule has 5 rings (SSSR count). The van der Waals surface area contributed by atoms with Crippen molar-refractivity contribution in [1.82, 2.24) is 14.9 Å². The van der Waals surface area contributed by atoms with Crippen molar-refractivity contribution in [2.75, 3.05) is 31.0 Å². The van der Waals surface area contributed by atoms with E-state index in [9.17, 15) is 0 Å². The molecule has 2 aromatic carbocycles. The van der Waals surface area contributed by atoms with Gasteiger partial charge in [-0.3, -0.25) is 4.98 Å². The summed E-state index contributed by atoms with van der Waals surface area (Å²) in [5.74, 6) is 0.626. The topological polar surface area (TPSA) is 45.6 Å². The molecule has 37 heavy (non-hydrogen) atoms. The van der Waals surface area contributed by atoms with Crippen LogP contribution in [-0.4, -0.2) is 35.9 Å². The Bertz CT molecular complexity index is 1430. The van der Waals surface area contributed by atoms with Gasteiger partial charge in [0.25, 0.3) is 0 Å². The first-order chi connectivity index (χ1) is 17.8. The first kappa shape index (κ1) is 25.1. The lowest BCUT2D eigenvalue weighted by Crippen LogP contribution is -2.29. The van der Waals surface area contributed by atoms with Gasteiger partial charge in [-0.25, -0.2) is 0 Å². The first-order valence-corrected chi connectivity index (χ1v) is 12.9. The lowest BCUT2D eigenvalue weighted by Gasteiger charge is -2.28. The Morgan fingerprint density at radius 2 is 1.73 bits per heavy atom. The van der Waals surface area contributed by atoms with Crippen molar-refractivity contribution in [1.29, 1.82) is 0 Å². The number of nitrogens with zero attached hydrogens (tertiary/aromatic N) is 4. The molecule has 6 nitrogen and oxygen atoms in total. The van der Waals surface area contributed by atoms with E-state index in [4.69, 9.17) is 28.6 Å². The van der Waals surface area contributed by atoms with Crippen molar-refractivity contribution in [2.45, 2.75) is 25.9 Å². The van der Waals surface area contributed by atoms with Gasteiger partial charge in [-0.2, -0.15) is 0 Å². The fraction of sp³-hybridized carbons (Fsp3) is 0.241.